The van der Waals surface area contributed by atoms with Crippen LogP contribution in [-0.4, -0.2) is 94.8 Å². The zero-order valence-electron chi connectivity index (χ0n) is 25.5. The van der Waals surface area contributed by atoms with Crippen molar-refractivity contribution in [1.29, 1.82) is 0 Å². The number of nitrogens with zero attached hydrogens (tertiary/aromatic N) is 3. The number of hydrogen-bond acceptors (Lipinski definition) is 7. The highest BCUT2D eigenvalue weighted by molar-refractivity contribution is 6.24. The van der Waals surface area contributed by atoms with Crippen molar-refractivity contribution >= 4 is 41.4 Å². The smallest absolute Gasteiger partial charge is 0.263 e. The molecule has 3 aliphatic heterocycles. The van der Waals surface area contributed by atoms with Crippen molar-refractivity contribution in [2.45, 2.75) is 71.8 Å². The highest BCUT2D eigenvalue weighted by Gasteiger charge is 2.45. The summed E-state index contributed by atoms with van der Waals surface area (Å²) in [5.41, 5.74) is 0.633. The minimum absolute atomic E-state index is 0.0474. The highest BCUT2D eigenvalue weighted by Crippen LogP contribution is 2.29. The highest BCUT2D eigenvalue weighted by atomic mass is 16.2. The number of fused-ring (bicyclic) bond motifs is 1. The van der Waals surface area contributed by atoms with Gasteiger partial charge in [0.05, 0.1) is 11.1 Å². The number of amides is 7. The summed E-state index contributed by atoms with van der Waals surface area (Å²) in [4.78, 5) is 91.4. The lowest BCUT2D eigenvalue weighted by molar-refractivity contribution is -0.142. The third kappa shape index (κ3) is 7.89. The molecule has 2 saturated heterocycles. The molecule has 0 aliphatic carbocycles. The first-order valence-electron chi connectivity index (χ1n) is 15.0. The van der Waals surface area contributed by atoms with E-state index in [-0.39, 0.29) is 53.5 Å². The van der Waals surface area contributed by atoms with E-state index < -0.39 is 29.7 Å². The van der Waals surface area contributed by atoms with E-state index in [1.165, 1.54) is 6.07 Å². The molecule has 0 saturated carbocycles. The fourth-order valence-corrected chi connectivity index (χ4v) is 5.43. The van der Waals surface area contributed by atoms with E-state index in [9.17, 15) is 33.6 Å². The number of piperazine rings is 1. The SMILES string of the molecule is CC(C)(C)CC(=O)N1CCN(C(=O)CC(=O)NCCCCC#Cc2cccc3c2C(=O)N(C2CCC(=O)NC2=O)C3=O)CC1. The predicted octanol–water partition coefficient (Wildman–Crippen LogP) is 1.22. The molecule has 2 N–H and O–H groups in total. The van der Waals surface area contributed by atoms with Crippen LogP contribution in [-0.2, 0) is 24.0 Å². The summed E-state index contributed by atoms with van der Waals surface area (Å²) < 4.78 is 0. The van der Waals surface area contributed by atoms with Gasteiger partial charge in [0, 0.05) is 57.5 Å². The van der Waals surface area contributed by atoms with Gasteiger partial charge in [0.1, 0.15) is 12.5 Å². The van der Waals surface area contributed by atoms with Gasteiger partial charge in [0.2, 0.25) is 29.5 Å². The third-order valence-corrected chi connectivity index (χ3v) is 7.72. The molecule has 0 radical (unpaired) electrons. The quantitative estimate of drug-likeness (QED) is 0.196. The number of benzene rings is 1. The summed E-state index contributed by atoms with van der Waals surface area (Å²) in [6.45, 7) is 8.20. The van der Waals surface area contributed by atoms with Gasteiger partial charge in [0.25, 0.3) is 11.8 Å². The monoisotopic (exact) mass is 605 g/mol. The van der Waals surface area contributed by atoms with Gasteiger partial charge in [-0.1, -0.05) is 38.7 Å². The topological polar surface area (TPSA) is 153 Å². The Hall–Kier alpha value is -4.53. The van der Waals surface area contributed by atoms with E-state index in [1.54, 1.807) is 21.9 Å². The lowest BCUT2D eigenvalue weighted by atomic mass is 9.91. The van der Waals surface area contributed by atoms with Crippen LogP contribution in [0.15, 0.2) is 18.2 Å². The van der Waals surface area contributed by atoms with Crippen LogP contribution >= 0.6 is 0 Å². The number of hydrogen-bond donors (Lipinski definition) is 2. The van der Waals surface area contributed by atoms with Crippen molar-refractivity contribution in [1.82, 2.24) is 25.3 Å². The van der Waals surface area contributed by atoms with Crippen molar-refractivity contribution in [2.24, 2.45) is 5.41 Å². The van der Waals surface area contributed by atoms with E-state index in [0.29, 0.717) is 64.0 Å². The third-order valence-electron chi connectivity index (χ3n) is 7.72. The first-order chi connectivity index (χ1) is 20.9. The van der Waals surface area contributed by atoms with Crippen molar-refractivity contribution in [3.05, 3.63) is 34.9 Å². The maximum absolute atomic E-state index is 13.1. The van der Waals surface area contributed by atoms with Gasteiger partial charge in [0.15, 0.2) is 0 Å². The second-order valence-corrected chi connectivity index (χ2v) is 12.5. The second-order valence-electron chi connectivity index (χ2n) is 12.5. The van der Waals surface area contributed by atoms with Crippen LogP contribution in [0.5, 0.6) is 0 Å². The average Bonchev–Trinajstić information content (AvgIpc) is 3.21. The van der Waals surface area contributed by atoms with E-state index in [0.717, 1.165) is 4.90 Å². The molecule has 1 aromatic rings. The molecule has 234 valence electrons. The van der Waals surface area contributed by atoms with Gasteiger partial charge >= 0.3 is 0 Å². The Morgan fingerprint density at radius 2 is 1.64 bits per heavy atom. The van der Waals surface area contributed by atoms with E-state index in [4.69, 9.17) is 0 Å². The number of carbonyl (C=O) groups is 7. The van der Waals surface area contributed by atoms with Crippen LogP contribution in [0.4, 0.5) is 0 Å². The Labute approximate surface area is 256 Å². The minimum Gasteiger partial charge on any atom is -0.356 e. The zero-order chi connectivity index (χ0) is 32.0. The molecule has 7 amide bonds. The summed E-state index contributed by atoms with van der Waals surface area (Å²) in [6.07, 6.45) is 2.12. The van der Waals surface area contributed by atoms with Crippen LogP contribution in [0.2, 0.25) is 0 Å². The number of rotatable bonds is 8. The van der Waals surface area contributed by atoms with Gasteiger partial charge in [-0.25, -0.2) is 0 Å². The number of unbranched alkanes of at least 4 members (excludes halogenated alkanes) is 2. The average molecular weight is 606 g/mol. The molecule has 44 heavy (non-hydrogen) atoms. The molecule has 0 aromatic heterocycles. The molecule has 0 bridgehead atoms. The number of piperidine rings is 1. The molecular weight excluding hydrogens is 566 g/mol. The fourth-order valence-electron chi connectivity index (χ4n) is 5.43. The lowest BCUT2D eigenvalue weighted by Gasteiger charge is -2.36. The van der Waals surface area contributed by atoms with Crippen molar-refractivity contribution in [3.63, 3.8) is 0 Å². The van der Waals surface area contributed by atoms with Crippen LogP contribution in [0.1, 0.15) is 92.0 Å². The normalized spacial score (nSPS) is 18.4. The number of carbonyl (C=O) groups excluding carboxylic acids is 7. The van der Waals surface area contributed by atoms with Crippen LogP contribution in [0.25, 0.3) is 0 Å². The molecule has 1 aromatic carbocycles. The summed E-state index contributed by atoms with van der Waals surface area (Å²) in [5, 5.41) is 4.94. The molecule has 12 nitrogen and oxygen atoms in total. The largest absolute Gasteiger partial charge is 0.356 e. The maximum Gasteiger partial charge on any atom is 0.263 e. The number of nitrogens with one attached hydrogen (secondary N) is 2. The predicted molar refractivity (Wildman–Crippen MR) is 159 cm³/mol. The van der Waals surface area contributed by atoms with Gasteiger partial charge in [-0.15, -0.1) is 0 Å². The first-order valence-corrected chi connectivity index (χ1v) is 15.0. The molecule has 12 heteroatoms. The molecule has 2 fully saturated rings. The molecule has 0 spiro atoms. The Bertz CT molecular complexity index is 1430. The van der Waals surface area contributed by atoms with Gasteiger partial charge in [-0.3, -0.25) is 43.8 Å². The molecule has 1 atom stereocenters. The Balaban J connectivity index is 1.17. The summed E-state index contributed by atoms with van der Waals surface area (Å²) >= 11 is 0. The summed E-state index contributed by atoms with van der Waals surface area (Å²) in [7, 11) is 0. The van der Waals surface area contributed by atoms with E-state index >= 15 is 0 Å². The second kappa shape index (κ2) is 13.8. The van der Waals surface area contributed by atoms with Crippen molar-refractivity contribution in [2.75, 3.05) is 32.7 Å². The summed E-state index contributed by atoms with van der Waals surface area (Å²) in [5.74, 6) is 3.16. The standard InChI is InChI=1S/C32H39N5O7/c1-32(2,3)20-27(41)36-17-15-35(16-18-36)26(40)19-25(39)33-14-7-5-4-6-9-21-10-8-11-22-28(21)31(44)37(30(22)43)23-12-13-24(38)34-29(23)42/h8,10-11,23H,4-5,7,12-20H2,1-3H3,(H,33,39)(H,34,38,42). The molecule has 4 rings (SSSR count). The first kappa shape index (κ1) is 32.4. The molecule has 3 heterocycles. The maximum atomic E-state index is 13.1. The van der Waals surface area contributed by atoms with Gasteiger partial charge in [-0.2, -0.15) is 0 Å². The molecular formula is C32H39N5O7. The Morgan fingerprint density at radius 1 is 0.955 bits per heavy atom. The van der Waals surface area contributed by atoms with Crippen molar-refractivity contribution < 1.29 is 33.6 Å². The van der Waals surface area contributed by atoms with E-state index in [2.05, 4.69) is 22.5 Å². The van der Waals surface area contributed by atoms with Gasteiger partial charge in [-0.05, 0) is 36.8 Å². The number of imide groups is 2. The zero-order valence-corrected chi connectivity index (χ0v) is 25.5. The molecule has 1 unspecified atom stereocenters. The van der Waals surface area contributed by atoms with Gasteiger partial charge < -0.3 is 15.1 Å². The lowest BCUT2D eigenvalue weighted by Crippen LogP contribution is -2.54. The fraction of sp³-hybridized carbons (Fsp3) is 0.531. The van der Waals surface area contributed by atoms with Crippen LogP contribution < -0.4 is 10.6 Å². The Morgan fingerprint density at radius 3 is 2.30 bits per heavy atom. The van der Waals surface area contributed by atoms with Crippen LogP contribution in [0, 0.1) is 17.3 Å². The molecule has 3 aliphatic rings. The van der Waals surface area contributed by atoms with Crippen LogP contribution in [0.3, 0.4) is 0 Å². The van der Waals surface area contributed by atoms with E-state index in [1.807, 2.05) is 20.8 Å². The minimum atomic E-state index is -1.04. The Kier molecular flexibility index (Phi) is 10.2. The van der Waals surface area contributed by atoms with Crippen molar-refractivity contribution in [3.8, 4) is 11.8 Å². The summed E-state index contributed by atoms with van der Waals surface area (Å²) in [6, 6.07) is 3.76.